The van der Waals surface area contributed by atoms with Gasteiger partial charge in [-0.3, -0.25) is 14.6 Å². The second-order valence-electron chi connectivity index (χ2n) is 7.75. The summed E-state index contributed by atoms with van der Waals surface area (Å²) in [5.41, 5.74) is 1.75. The van der Waals surface area contributed by atoms with Crippen molar-refractivity contribution in [2.24, 2.45) is 5.92 Å². The van der Waals surface area contributed by atoms with Crippen LogP contribution in [0.1, 0.15) is 45.2 Å². The number of hydrogen-bond acceptors (Lipinski definition) is 4. The van der Waals surface area contributed by atoms with Gasteiger partial charge in [-0.15, -0.1) is 0 Å². The molecule has 1 N–H and O–H groups in total. The number of aromatic nitrogens is 1. The number of carbonyl (C=O) groups excluding carboxylic acids is 2. The van der Waals surface area contributed by atoms with Crippen molar-refractivity contribution in [3.05, 3.63) is 42.1 Å². The number of amides is 1. The number of ketones is 1. The molecule has 1 amide bonds. The van der Waals surface area contributed by atoms with Gasteiger partial charge in [0.2, 0.25) is 5.91 Å². The Labute approximate surface area is 161 Å². The molecule has 27 heavy (non-hydrogen) atoms. The van der Waals surface area contributed by atoms with Gasteiger partial charge >= 0.3 is 0 Å². The summed E-state index contributed by atoms with van der Waals surface area (Å²) in [7, 11) is 0. The molecule has 5 heteroatoms. The van der Waals surface area contributed by atoms with E-state index in [1.54, 1.807) is 4.90 Å². The van der Waals surface area contributed by atoms with Crippen LogP contribution < -0.4 is 5.32 Å². The van der Waals surface area contributed by atoms with Gasteiger partial charge in [0, 0.05) is 11.8 Å². The SMILES string of the molecule is CC(C)CCC(=O)N(Cc1ccc2ccccc2n1)[C@H]1CCCNCC1=O. The average molecular weight is 367 g/mol. The molecule has 1 aromatic heterocycles. The molecule has 0 aliphatic carbocycles. The second kappa shape index (κ2) is 9.09. The Morgan fingerprint density at radius 2 is 2.07 bits per heavy atom. The van der Waals surface area contributed by atoms with Crippen molar-refractivity contribution in [1.29, 1.82) is 0 Å². The van der Waals surface area contributed by atoms with Crippen LogP contribution in [-0.2, 0) is 16.1 Å². The number of rotatable bonds is 6. The zero-order valence-corrected chi connectivity index (χ0v) is 16.3. The number of carbonyl (C=O) groups is 2. The number of hydrogen-bond donors (Lipinski definition) is 1. The van der Waals surface area contributed by atoms with Crippen molar-refractivity contribution >= 4 is 22.6 Å². The quantitative estimate of drug-likeness (QED) is 0.851. The maximum Gasteiger partial charge on any atom is 0.223 e. The zero-order chi connectivity index (χ0) is 19.2. The van der Waals surface area contributed by atoms with Gasteiger partial charge < -0.3 is 10.2 Å². The first-order valence-corrected chi connectivity index (χ1v) is 9.92. The topological polar surface area (TPSA) is 62.3 Å². The van der Waals surface area contributed by atoms with Gasteiger partial charge in [0.05, 0.1) is 30.3 Å². The summed E-state index contributed by atoms with van der Waals surface area (Å²) >= 11 is 0. The van der Waals surface area contributed by atoms with Gasteiger partial charge in [0.15, 0.2) is 5.78 Å². The molecule has 144 valence electrons. The highest BCUT2D eigenvalue weighted by atomic mass is 16.2. The molecule has 2 heterocycles. The van der Waals surface area contributed by atoms with Gasteiger partial charge in [-0.1, -0.05) is 38.1 Å². The highest BCUT2D eigenvalue weighted by molar-refractivity contribution is 5.90. The van der Waals surface area contributed by atoms with Crippen LogP contribution in [0, 0.1) is 5.92 Å². The summed E-state index contributed by atoms with van der Waals surface area (Å²) in [6, 6.07) is 11.6. The van der Waals surface area contributed by atoms with Crippen molar-refractivity contribution in [2.45, 2.75) is 52.1 Å². The van der Waals surface area contributed by atoms with Crippen molar-refractivity contribution in [2.75, 3.05) is 13.1 Å². The first-order valence-electron chi connectivity index (χ1n) is 9.92. The molecule has 3 rings (SSSR count). The van der Waals surface area contributed by atoms with E-state index in [4.69, 9.17) is 4.98 Å². The van der Waals surface area contributed by atoms with Crippen LogP contribution in [0.2, 0.25) is 0 Å². The Morgan fingerprint density at radius 3 is 2.89 bits per heavy atom. The van der Waals surface area contributed by atoms with Gasteiger partial charge in [-0.05, 0) is 43.9 Å². The summed E-state index contributed by atoms with van der Waals surface area (Å²) < 4.78 is 0. The molecule has 2 aromatic rings. The number of benzene rings is 1. The lowest BCUT2D eigenvalue weighted by molar-refractivity contribution is -0.140. The minimum absolute atomic E-state index is 0.0545. The summed E-state index contributed by atoms with van der Waals surface area (Å²) in [4.78, 5) is 32.1. The molecule has 0 spiro atoms. The number of nitrogens with one attached hydrogen (secondary N) is 1. The Kier molecular flexibility index (Phi) is 6.56. The monoisotopic (exact) mass is 367 g/mol. The molecule has 1 aliphatic rings. The Balaban J connectivity index is 1.85. The van der Waals surface area contributed by atoms with E-state index in [1.807, 2.05) is 36.4 Å². The predicted octanol–water partition coefficient (Wildman–Crippen LogP) is 3.32. The van der Waals surface area contributed by atoms with Gasteiger partial charge in [0.25, 0.3) is 0 Å². The molecule has 0 bridgehead atoms. The molecule has 0 radical (unpaired) electrons. The summed E-state index contributed by atoms with van der Waals surface area (Å²) in [6.07, 6.45) is 2.92. The van der Waals surface area contributed by atoms with Gasteiger partial charge in [-0.2, -0.15) is 0 Å². The standard InChI is InChI=1S/C22H29N3O2/c1-16(2)9-12-22(27)25(20-8-5-13-23-14-21(20)26)15-18-11-10-17-6-3-4-7-19(17)24-18/h3-4,6-7,10-11,16,20,23H,5,8-9,12-15H2,1-2H3/t20-/m0/s1. The number of nitrogens with zero attached hydrogens (tertiary/aromatic N) is 2. The molecular formula is C22H29N3O2. The molecular weight excluding hydrogens is 338 g/mol. The van der Waals surface area contributed by atoms with Crippen LogP contribution in [-0.4, -0.2) is 40.7 Å². The first kappa shape index (κ1) is 19.5. The van der Waals surface area contributed by atoms with Crippen LogP contribution in [0.5, 0.6) is 0 Å². The highest BCUT2D eigenvalue weighted by Crippen LogP contribution is 2.19. The number of fused-ring (bicyclic) bond motifs is 1. The molecule has 1 atom stereocenters. The van der Waals surface area contributed by atoms with Crippen molar-refractivity contribution in [3.63, 3.8) is 0 Å². The molecule has 1 fully saturated rings. The van der Waals surface area contributed by atoms with E-state index < -0.39 is 0 Å². The summed E-state index contributed by atoms with van der Waals surface area (Å²) in [5, 5.41) is 4.23. The predicted molar refractivity (Wildman–Crippen MR) is 107 cm³/mol. The fraction of sp³-hybridized carbons (Fsp3) is 0.500. The van der Waals surface area contributed by atoms with Crippen LogP contribution in [0.4, 0.5) is 0 Å². The minimum atomic E-state index is -0.354. The van der Waals surface area contributed by atoms with Gasteiger partial charge in [0.1, 0.15) is 0 Å². The van der Waals surface area contributed by atoms with E-state index in [0.29, 0.717) is 31.8 Å². The molecule has 5 nitrogen and oxygen atoms in total. The van der Waals surface area contributed by atoms with E-state index >= 15 is 0 Å². The lowest BCUT2D eigenvalue weighted by Crippen LogP contribution is -2.46. The average Bonchev–Trinajstić information content (AvgIpc) is 2.88. The Hall–Kier alpha value is -2.27. The lowest BCUT2D eigenvalue weighted by Gasteiger charge is -2.30. The molecule has 1 aromatic carbocycles. The fourth-order valence-corrected chi connectivity index (χ4v) is 3.54. The van der Waals surface area contributed by atoms with Crippen LogP contribution >= 0.6 is 0 Å². The van der Waals surface area contributed by atoms with Crippen molar-refractivity contribution in [3.8, 4) is 0 Å². The van der Waals surface area contributed by atoms with E-state index in [9.17, 15) is 9.59 Å². The van der Waals surface area contributed by atoms with Crippen LogP contribution in [0.25, 0.3) is 10.9 Å². The van der Waals surface area contributed by atoms with Crippen molar-refractivity contribution < 1.29 is 9.59 Å². The smallest absolute Gasteiger partial charge is 0.223 e. The Bertz CT molecular complexity index is 803. The highest BCUT2D eigenvalue weighted by Gasteiger charge is 2.30. The summed E-state index contributed by atoms with van der Waals surface area (Å²) in [5.74, 6) is 0.617. The molecule has 0 saturated carbocycles. The van der Waals surface area contributed by atoms with Crippen molar-refractivity contribution in [1.82, 2.24) is 15.2 Å². The number of para-hydroxylation sites is 1. The molecule has 0 unspecified atom stereocenters. The minimum Gasteiger partial charge on any atom is -0.327 e. The molecule has 1 saturated heterocycles. The first-order chi connectivity index (χ1) is 13.0. The number of Topliss-reactive ketones (excluding diaryl/α,β-unsaturated/α-hetero) is 1. The third-order valence-corrected chi connectivity index (χ3v) is 5.12. The van der Waals surface area contributed by atoms with E-state index in [1.165, 1.54) is 0 Å². The maximum atomic E-state index is 13.0. The normalized spacial score (nSPS) is 17.9. The van der Waals surface area contributed by atoms with E-state index in [-0.39, 0.29) is 17.7 Å². The summed E-state index contributed by atoms with van der Waals surface area (Å²) in [6.45, 7) is 5.78. The van der Waals surface area contributed by atoms with Crippen LogP contribution in [0.3, 0.4) is 0 Å². The van der Waals surface area contributed by atoms with Crippen LogP contribution in [0.15, 0.2) is 36.4 Å². The zero-order valence-electron chi connectivity index (χ0n) is 16.3. The second-order valence-corrected chi connectivity index (χ2v) is 7.75. The molecule has 1 aliphatic heterocycles. The van der Waals surface area contributed by atoms with E-state index in [2.05, 4.69) is 19.2 Å². The largest absolute Gasteiger partial charge is 0.327 e. The Morgan fingerprint density at radius 1 is 1.26 bits per heavy atom. The number of pyridine rings is 1. The fourth-order valence-electron chi connectivity index (χ4n) is 3.54. The third kappa shape index (κ3) is 5.13. The lowest BCUT2D eigenvalue weighted by atomic mass is 10.0. The van der Waals surface area contributed by atoms with E-state index in [0.717, 1.165) is 36.0 Å². The van der Waals surface area contributed by atoms with Gasteiger partial charge in [-0.25, -0.2) is 0 Å². The third-order valence-electron chi connectivity index (χ3n) is 5.12. The maximum absolute atomic E-state index is 13.0.